The molecule has 0 aromatic heterocycles. The van der Waals surface area contributed by atoms with Gasteiger partial charge >= 0.3 is 0 Å². The molecule has 1 aromatic rings. The summed E-state index contributed by atoms with van der Waals surface area (Å²) in [6.07, 6.45) is 0.567. The zero-order valence-corrected chi connectivity index (χ0v) is 12.4. The molecule has 0 aliphatic carbocycles. The SMILES string of the molecule is CC(C)NC(=O)C(I)Cc1ccc([N+](=O)[O-])cc1. The standard InChI is InChI=1S/C12H15IN2O3/c1-8(2)14-12(16)11(13)7-9-3-5-10(6-4-9)15(17)18/h3-6,8,11H,7H2,1-2H3,(H,14,16). The summed E-state index contributed by atoms with van der Waals surface area (Å²) in [5.41, 5.74) is 0.981. The van der Waals surface area contributed by atoms with Crippen molar-refractivity contribution in [2.24, 2.45) is 0 Å². The van der Waals surface area contributed by atoms with Gasteiger partial charge in [0.05, 0.1) is 8.85 Å². The molecular weight excluding hydrogens is 347 g/mol. The van der Waals surface area contributed by atoms with E-state index in [1.54, 1.807) is 12.1 Å². The molecule has 0 saturated heterocycles. The Balaban J connectivity index is 2.61. The van der Waals surface area contributed by atoms with Gasteiger partial charge in [-0.2, -0.15) is 0 Å². The first-order chi connectivity index (χ1) is 8.40. The normalized spacial score (nSPS) is 12.2. The van der Waals surface area contributed by atoms with Crippen LogP contribution in [0, 0.1) is 10.1 Å². The molecular formula is C12H15IN2O3. The van der Waals surface area contributed by atoms with Gasteiger partial charge in [0.15, 0.2) is 0 Å². The molecule has 1 amide bonds. The molecule has 0 heterocycles. The zero-order chi connectivity index (χ0) is 13.7. The van der Waals surface area contributed by atoms with Crippen molar-refractivity contribution in [1.82, 2.24) is 5.32 Å². The van der Waals surface area contributed by atoms with E-state index in [4.69, 9.17) is 0 Å². The highest BCUT2D eigenvalue weighted by Crippen LogP contribution is 2.16. The summed E-state index contributed by atoms with van der Waals surface area (Å²) in [4.78, 5) is 21.8. The van der Waals surface area contributed by atoms with Crippen molar-refractivity contribution in [3.63, 3.8) is 0 Å². The van der Waals surface area contributed by atoms with Gasteiger partial charge in [0.2, 0.25) is 5.91 Å². The summed E-state index contributed by atoms with van der Waals surface area (Å²) in [5.74, 6) is -0.0102. The molecule has 1 N–H and O–H groups in total. The number of carbonyl (C=O) groups is 1. The van der Waals surface area contributed by atoms with Crippen molar-refractivity contribution in [1.29, 1.82) is 0 Å². The molecule has 6 heteroatoms. The molecule has 0 saturated carbocycles. The van der Waals surface area contributed by atoms with Gasteiger partial charge in [-0.05, 0) is 25.8 Å². The van der Waals surface area contributed by atoms with E-state index in [1.165, 1.54) is 12.1 Å². The number of carbonyl (C=O) groups excluding carboxylic acids is 1. The monoisotopic (exact) mass is 362 g/mol. The summed E-state index contributed by atoms with van der Waals surface area (Å²) < 4.78 is -0.175. The van der Waals surface area contributed by atoms with E-state index in [9.17, 15) is 14.9 Å². The van der Waals surface area contributed by atoms with Crippen molar-refractivity contribution < 1.29 is 9.72 Å². The minimum Gasteiger partial charge on any atom is -0.353 e. The van der Waals surface area contributed by atoms with Crippen molar-refractivity contribution in [2.75, 3.05) is 0 Å². The maximum atomic E-state index is 11.7. The maximum Gasteiger partial charge on any atom is 0.269 e. The molecule has 1 atom stereocenters. The van der Waals surface area contributed by atoms with Crippen molar-refractivity contribution >= 4 is 34.2 Å². The number of halogens is 1. The molecule has 1 rings (SSSR count). The molecule has 18 heavy (non-hydrogen) atoms. The largest absolute Gasteiger partial charge is 0.353 e. The Bertz CT molecular complexity index is 431. The molecule has 5 nitrogen and oxygen atoms in total. The lowest BCUT2D eigenvalue weighted by atomic mass is 10.1. The third-order valence-corrected chi connectivity index (χ3v) is 3.28. The van der Waals surface area contributed by atoms with E-state index in [0.29, 0.717) is 6.42 Å². The van der Waals surface area contributed by atoms with Gasteiger partial charge in [-0.1, -0.05) is 34.7 Å². The van der Waals surface area contributed by atoms with Crippen LogP contribution < -0.4 is 5.32 Å². The van der Waals surface area contributed by atoms with Gasteiger partial charge < -0.3 is 5.32 Å². The number of amides is 1. The van der Waals surface area contributed by atoms with E-state index in [-0.39, 0.29) is 21.6 Å². The predicted molar refractivity (Wildman–Crippen MR) is 77.9 cm³/mol. The lowest BCUT2D eigenvalue weighted by molar-refractivity contribution is -0.384. The molecule has 0 bridgehead atoms. The minimum absolute atomic E-state index is 0.0102. The first kappa shape index (κ1) is 14.9. The fraction of sp³-hybridized carbons (Fsp3) is 0.417. The number of nitrogens with one attached hydrogen (secondary N) is 1. The number of nitro benzene ring substituents is 1. The molecule has 98 valence electrons. The third-order valence-electron chi connectivity index (χ3n) is 2.28. The van der Waals surface area contributed by atoms with Gasteiger partial charge in [-0.3, -0.25) is 14.9 Å². The number of hydrogen-bond donors (Lipinski definition) is 1. The van der Waals surface area contributed by atoms with Gasteiger partial charge in [0, 0.05) is 18.2 Å². The smallest absolute Gasteiger partial charge is 0.269 e. The van der Waals surface area contributed by atoms with Crippen LogP contribution in [0.4, 0.5) is 5.69 Å². The van der Waals surface area contributed by atoms with E-state index in [2.05, 4.69) is 27.9 Å². The number of alkyl halides is 1. The Labute approximate surface area is 119 Å². The van der Waals surface area contributed by atoms with Crippen LogP contribution in [0.5, 0.6) is 0 Å². The summed E-state index contributed by atoms with van der Waals surface area (Å²) in [6, 6.07) is 6.41. The Morgan fingerprint density at radius 2 is 1.94 bits per heavy atom. The van der Waals surface area contributed by atoms with Crippen LogP contribution >= 0.6 is 22.6 Å². The number of nitrogens with zero attached hydrogens (tertiary/aromatic N) is 1. The molecule has 1 aromatic carbocycles. The topological polar surface area (TPSA) is 72.2 Å². The second-order valence-electron chi connectivity index (χ2n) is 4.26. The van der Waals surface area contributed by atoms with Crippen LogP contribution in [0.1, 0.15) is 19.4 Å². The predicted octanol–water partition coefficient (Wildman–Crippen LogP) is 2.47. The van der Waals surface area contributed by atoms with Gasteiger partial charge in [-0.25, -0.2) is 0 Å². The van der Waals surface area contributed by atoms with Crippen molar-refractivity contribution in [2.45, 2.75) is 30.2 Å². The van der Waals surface area contributed by atoms with E-state index in [1.807, 2.05) is 13.8 Å². The Morgan fingerprint density at radius 1 is 1.39 bits per heavy atom. The Hall–Kier alpha value is -1.18. The fourth-order valence-corrected chi connectivity index (χ4v) is 2.12. The van der Waals surface area contributed by atoms with Crippen molar-refractivity contribution in [3.05, 3.63) is 39.9 Å². The lowest BCUT2D eigenvalue weighted by Crippen LogP contribution is -2.36. The van der Waals surface area contributed by atoms with Crippen LogP contribution in [-0.2, 0) is 11.2 Å². The first-order valence-electron chi connectivity index (χ1n) is 5.58. The first-order valence-corrected chi connectivity index (χ1v) is 6.82. The van der Waals surface area contributed by atoms with Crippen LogP contribution in [0.2, 0.25) is 0 Å². The number of benzene rings is 1. The second-order valence-corrected chi connectivity index (χ2v) is 5.76. The van der Waals surface area contributed by atoms with Crippen LogP contribution in [0.15, 0.2) is 24.3 Å². The molecule has 0 aliphatic rings. The number of hydrogen-bond acceptors (Lipinski definition) is 3. The average Bonchev–Trinajstić information content (AvgIpc) is 2.28. The summed E-state index contributed by atoms with van der Waals surface area (Å²) in [7, 11) is 0. The maximum absolute atomic E-state index is 11.7. The van der Waals surface area contributed by atoms with Gasteiger partial charge in [-0.15, -0.1) is 0 Å². The highest BCUT2D eigenvalue weighted by atomic mass is 127. The molecule has 0 radical (unpaired) electrons. The van der Waals surface area contributed by atoms with E-state index >= 15 is 0 Å². The molecule has 0 fully saturated rings. The lowest BCUT2D eigenvalue weighted by Gasteiger charge is -2.13. The quantitative estimate of drug-likeness (QED) is 0.379. The van der Waals surface area contributed by atoms with Crippen LogP contribution in [0.25, 0.3) is 0 Å². The number of nitro groups is 1. The van der Waals surface area contributed by atoms with Gasteiger partial charge in [0.1, 0.15) is 0 Å². The summed E-state index contributed by atoms with van der Waals surface area (Å²) in [6.45, 7) is 3.82. The fourth-order valence-electron chi connectivity index (χ4n) is 1.43. The number of rotatable bonds is 5. The zero-order valence-electron chi connectivity index (χ0n) is 10.2. The number of non-ortho nitro benzene ring substituents is 1. The second kappa shape index (κ2) is 6.67. The highest BCUT2D eigenvalue weighted by Gasteiger charge is 2.16. The Kier molecular flexibility index (Phi) is 5.52. The van der Waals surface area contributed by atoms with Crippen LogP contribution in [0.3, 0.4) is 0 Å². The summed E-state index contributed by atoms with van der Waals surface area (Å²) >= 11 is 2.08. The van der Waals surface area contributed by atoms with E-state index in [0.717, 1.165) is 5.56 Å². The Morgan fingerprint density at radius 3 is 2.39 bits per heavy atom. The molecule has 1 unspecified atom stereocenters. The van der Waals surface area contributed by atoms with Crippen LogP contribution in [-0.4, -0.2) is 20.8 Å². The molecule has 0 spiro atoms. The summed E-state index contributed by atoms with van der Waals surface area (Å²) in [5, 5.41) is 13.3. The highest BCUT2D eigenvalue weighted by molar-refractivity contribution is 14.1. The van der Waals surface area contributed by atoms with Crippen molar-refractivity contribution in [3.8, 4) is 0 Å². The van der Waals surface area contributed by atoms with E-state index < -0.39 is 4.92 Å². The average molecular weight is 362 g/mol. The minimum atomic E-state index is -0.434. The molecule has 0 aliphatic heterocycles. The third kappa shape index (κ3) is 4.59. The van der Waals surface area contributed by atoms with Gasteiger partial charge in [0.25, 0.3) is 5.69 Å².